The molecular weight excluding hydrogens is 248 g/mol. The first-order valence-corrected chi connectivity index (χ1v) is 7.75. The Morgan fingerprint density at radius 1 is 1.40 bits per heavy atom. The van der Waals surface area contributed by atoms with Crippen LogP contribution in [-0.4, -0.2) is 31.1 Å². The number of piperidine rings is 1. The van der Waals surface area contributed by atoms with Gasteiger partial charge in [0.1, 0.15) is 5.75 Å². The average molecular weight is 276 g/mol. The van der Waals surface area contributed by atoms with E-state index in [1.54, 1.807) is 7.11 Å². The molecule has 3 heteroatoms. The Morgan fingerprint density at radius 3 is 2.80 bits per heavy atom. The second-order valence-corrected chi connectivity index (χ2v) is 5.96. The van der Waals surface area contributed by atoms with Crippen LogP contribution in [0.25, 0.3) is 0 Å². The lowest BCUT2D eigenvalue weighted by Crippen LogP contribution is -2.46. The Bertz CT molecular complexity index is 433. The van der Waals surface area contributed by atoms with Crippen molar-refractivity contribution in [3.63, 3.8) is 0 Å². The summed E-state index contributed by atoms with van der Waals surface area (Å²) in [5.74, 6) is 1.83. The van der Waals surface area contributed by atoms with E-state index in [4.69, 9.17) is 10.5 Å². The molecule has 0 amide bonds. The van der Waals surface area contributed by atoms with E-state index in [-0.39, 0.29) is 0 Å². The van der Waals surface area contributed by atoms with E-state index in [2.05, 4.69) is 36.9 Å². The Balaban J connectivity index is 2.03. The quantitative estimate of drug-likeness (QED) is 0.898. The van der Waals surface area contributed by atoms with Gasteiger partial charge in [-0.3, -0.25) is 4.90 Å². The SMILES string of the molecule is CCC1CCN(Cc2ccc(OC)c(C)c2)C(CN)C1. The van der Waals surface area contributed by atoms with Gasteiger partial charge in [0, 0.05) is 19.1 Å². The molecule has 2 rings (SSSR count). The third kappa shape index (κ3) is 3.53. The molecule has 0 aromatic heterocycles. The normalized spacial score (nSPS) is 23.8. The summed E-state index contributed by atoms with van der Waals surface area (Å²) in [6, 6.07) is 7.01. The summed E-state index contributed by atoms with van der Waals surface area (Å²) in [6.45, 7) is 7.34. The van der Waals surface area contributed by atoms with E-state index in [0.29, 0.717) is 6.04 Å². The zero-order chi connectivity index (χ0) is 14.5. The first-order valence-electron chi connectivity index (χ1n) is 7.75. The molecule has 0 saturated carbocycles. The van der Waals surface area contributed by atoms with Crippen LogP contribution in [0, 0.1) is 12.8 Å². The van der Waals surface area contributed by atoms with Gasteiger partial charge >= 0.3 is 0 Å². The second-order valence-electron chi connectivity index (χ2n) is 5.96. The lowest BCUT2D eigenvalue weighted by atomic mass is 9.88. The van der Waals surface area contributed by atoms with Crippen molar-refractivity contribution in [2.45, 2.75) is 45.7 Å². The molecule has 2 atom stereocenters. The van der Waals surface area contributed by atoms with Gasteiger partial charge < -0.3 is 10.5 Å². The molecule has 1 aromatic carbocycles. The van der Waals surface area contributed by atoms with Crippen molar-refractivity contribution in [3.05, 3.63) is 29.3 Å². The number of aryl methyl sites for hydroxylation is 1. The van der Waals surface area contributed by atoms with Crippen LogP contribution in [0.5, 0.6) is 5.75 Å². The van der Waals surface area contributed by atoms with Crippen LogP contribution in [0.2, 0.25) is 0 Å². The Kier molecular flexibility index (Phi) is 5.44. The highest BCUT2D eigenvalue weighted by Crippen LogP contribution is 2.27. The van der Waals surface area contributed by atoms with E-state index in [1.165, 1.54) is 36.9 Å². The van der Waals surface area contributed by atoms with E-state index >= 15 is 0 Å². The van der Waals surface area contributed by atoms with Gasteiger partial charge in [0.05, 0.1) is 7.11 Å². The summed E-state index contributed by atoms with van der Waals surface area (Å²) < 4.78 is 5.33. The largest absolute Gasteiger partial charge is 0.496 e. The Morgan fingerprint density at radius 2 is 2.20 bits per heavy atom. The number of benzene rings is 1. The summed E-state index contributed by atoms with van der Waals surface area (Å²) in [5, 5.41) is 0. The third-order valence-corrected chi connectivity index (χ3v) is 4.64. The minimum atomic E-state index is 0.538. The fraction of sp³-hybridized carbons (Fsp3) is 0.647. The predicted molar refractivity (Wildman–Crippen MR) is 84.0 cm³/mol. The van der Waals surface area contributed by atoms with Crippen molar-refractivity contribution >= 4 is 0 Å². The molecule has 20 heavy (non-hydrogen) atoms. The van der Waals surface area contributed by atoms with Crippen molar-refractivity contribution in [3.8, 4) is 5.75 Å². The van der Waals surface area contributed by atoms with Gasteiger partial charge in [-0.2, -0.15) is 0 Å². The zero-order valence-electron chi connectivity index (χ0n) is 13.1. The molecule has 0 radical (unpaired) electrons. The monoisotopic (exact) mass is 276 g/mol. The first kappa shape index (κ1) is 15.3. The molecule has 1 saturated heterocycles. The second kappa shape index (κ2) is 7.09. The van der Waals surface area contributed by atoms with E-state index in [1.807, 2.05) is 0 Å². The van der Waals surface area contributed by atoms with Crippen molar-refractivity contribution in [2.75, 3.05) is 20.2 Å². The lowest BCUT2D eigenvalue weighted by molar-refractivity contribution is 0.107. The van der Waals surface area contributed by atoms with Crippen LogP contribution in [0.3, 0.4) is 0 Å². The lowest BCUT2D eigenvalue weighted by Gasteiger charge is -2.39. The number of rotatable bonds is 5. The Labute approximate surface area is 123 Å². The molecule has 1 aliphatic rings. The fourth-order valence-electron chi connectivity index (χ4n) is 3.28. The number of nitrogens with zero attached hydrogens (tertiary/aromatic N) is 1. The highest BCUT2D eigenvalue weighted by atomic mass is 16.5. The van der Waals surface area contributed by atoms with Gasteiger partial charge in [0.15, 0.2) is 0 Å². The maximum Gasteiger partial charge on any atom is 0.121 e. The number of nitrogens with two attached hydrogens (primary N) is 1. The number of ether oxygens (including phenoxy) is 1. The molecule has 2 unspecified atom stereocenters. The Hall–Kier alpha value is -1.06. The average Bonchev–Trinajstić information content (AvgIpc) is 2.48. The highest BCUT2D eigenvalue weighted by molar-refractivity contribution is 5.36. The van der Waals surface area contributed by atoms with Gasteiger partial charge in [-0.15, -0.1) is 0 Å². The van der Waals surface area contributed by atoms with Crippen LogP contribution in [0.4, 0.5) is 0 Å². The fourth-order valence-corrected chi connectivity index (χ4v) is 3.28. The topological polar surface area (TPSA) is 38.5 Å². The molecule has 3 nitrogen and oxygen atoms in total. The molecule has 2 N–H and O–H groups in total. The number of hydrogen-bond donors (Lipinski definition) is 1. The number of methoxy groups -OCH3 is 1. The van der Waals surface area contributed by atoms with Crippen molar-refractivity contribution < 1.29 is 4.74 Å². The van der Waals surface area contributed by atoms with Gasteiger partial charge in [0.25, 0.3) is 0 Å². The van der Waals surface area contributed by atoms with Crippen LogP contribution >= 0.6 is 0 Å². The molecule has 112 valence electrons. The van der Waals surface area contributed by atoms with Crippen LogP contribution in [0.15, 0.2) is 18.2 Å². The molecular formula is C17H28N2O. The number of likely N-dealkylation sites (tertiary alicyclic amines) is 1. The molecule has 0 aliphatic carbocycles. The maximum absolute atomic E-state index is 5.98. The van der Waals surface area contributed by atoms with E-state index in [0.717, 1.165) is 24.8 Å². The summed E-state index contributed by atoms with van der Waals surface area (Å²) in [7, 11) is 1.72. The van der Waals surface area contributed by atoms with Crippen LogP contribution in [-0.2, 0) is 6.54 Å². The summed E-state index contributed by atoms with van der Waals surface area (Å²) in [5.41, 5.74) is 8.54. The molecule has 1 aliphatic heterocycles. The molecule has 1 fully saturated rings. The van der Waals surface area contributed by atoms with Gasteiger partial charge in [-0.05, 0) is 49.4 Å². The maximum atomic E-state index is 5.98. The van der Waals surface area contributed by atoms with Crippen molar-refractivity contribution in [2.24, 2.45) is 11.7 Å². The minimum absolute atomic E-state index is 0.538. The van der Waals surface area contributed by atoms with Crippen molar-refractivity contribution in [1.29, 1.82) is 0 Å². The summed E-state index contributed by atoms with van der Waals surface area (Å²) in [6.07, 6.45) is 3.84. The smallest absolute Gasteiger partial charge is 0.121 e. The van der Waals surface area contributed by atoms with Gasteiger partial charge in [-0.1, -0.05) is 25.5 Å². The standard InChI is InChI=1S/C17H28N2O/c1-4-14-7-8-19(16(10-14)11-18)12-15-5-6-17(20-3)13(2)9-15/h5-6,9,14,16H,4,7-8,10-12,18H2,1-3H3. The molecule has 0 spiro atoms. The molecule has 1 aromatic rings. The van der Waals surface area contributed by atoms with E-state index in [9.17, 15) is 0 Å². The first-order chi connectivity index (χ1) is 9.67. The third-order valence-electron chi connectivity index (χ3n) is 4.64. The number of hydrogen-bond acceptors (Lipinski definition) is 3. The summed E-state index contributed by atoms with van der Waals surface area (Å²) >= 11 is 0. The highest BCUT2D eigenvalue weighted by Gasteiger charge is 2.26. The molecule has 1 heterocycles. The van der Waals surface area contributed by atoms with Gasteiger partial charge in [0.2, 0.25) is 0 Å². The van der Waals surface area contributed by atoms with E-state index < -0.39 is 0 Å². The minimum Gasteiger partial charge on any atom is -0.496 e. The summed E-state index contributed by atoms with van der Waals surface area (Å²) in [4.78, 5) is 2.55. The molecule has 0 bridgehead atoms. The van der Waals surface area contributed by atoms with Gasteiger partial charge in [-0.25, -0.2) is 0 Å². The van der Waals surface area contributed by atoms with Crippen molar-refractivity contribution in [1.82, 2.24) is 4.90 Å². The van der Waals surface area contributed by atoms with Crippen LogP contribution in [0.1, 0.15) is 37.3 Å². The van der Waals surface area contributed by atoms with Crippen LogP contribution < -0.4 is 10.5 Å². The zero-order valence-corrected chi connectivity index (χ0v) is 13.1. The predicted octanol–water partition coefficient (Wildman–Crippen LogP) is 2.95.